The first-order chi connectivity index (χ1) is 9.97. The predicted octanol–water partition coefficient (Wildman–Crippen LogP) is 2.80. The minimum atomic E-state index is -0.0285. The van der Waals surface area contributed by atoms with E-state index in [1.165, 1.54) is 4.88 Å². The van der Waals surface area contributed by atoms with Crippen LogP contribution in [0.4, 0.5) is 5.69 Å². The molecule has 2 rings (SSSR count). The van der Waals surface area contributed by atoms with Gasteiger partial charge in [-0.2, -0.15) is 0 Å². The average Bonchev–Trinajstić information content (AvgIpc) is 2.77. The highest BCUT2D eigenvalue weighted by Gasteiger charge is 2.08. The molecule has 112 valence electrons. The molecule has 0 radical (unpaired) electrons. The summed E-state index contributed by atoms with van der Waals surface area (Å²) in [6.45, 7) is 4.66. The fourth-order valence-corrected chi connectivity index (χ4v) is 3.04. The molecule has 0 spiro atoms. The van der Waals surface area contributed by atoms with E-state index < -0.39 is 0 Å². The lowest BCUT2D eigenvalue weighted by atomic mass is 10.2. The molecule has 0 aliphatic carbocycles. The van der Waals surface area contributed by atoms with Crippen LogP contribution in [0.3, 0.4) is 0 Å². The van der Waals surface area contributed by atoms with Crippen molar-refractivity contribution in [2.24, 2.45) is 0 Å². The van der Waals surface area contributed by atoms with E-state index in [1.54, 1.807) is 11.3 Å². The lowest BCUT2D eigenvalue weighted by Gasteiger charge is -2.12. The second-order valence-electron chi connectivity index (χ2n) is 5.19. The summed E-state index contributed by atoms with van der Waals surface area (Å²) >= 11 is 1.70. The van der Waals surface area contributed by atoms with E-state index in [0.717, 1.165) is 22.8 Å². The van der Waals surface area contributed by atoms with Crippen molar-refractivity contribution >= 4 is 22.9 Å². The van der Waals surface area contributed by atoms with Crippen LogP contribution in [-0.2, 0) is 6.42 Å². The summed E-state index contributed by atoms with van der Waals surface area (Å²) in [6.07, 6.45) is 0.832. The van der Waals surface area contributed by atoms with Crippen molar-refractivity contribution in [2.75, 3.05) is 25.5 Å². The summed E-state index contributed by atoms with van der Waals surface area (Å²) in [6, 6.07) is 7.61. The third-order valence-electron chi connectivity index (χ3n) is 3.28. The number of nitrogens with one attached hydrogen (secondary N) is 1. The number of rotatable bonds is 5. The number of carbonyl (C=O) groups is 1. The molecule has 21 heavy (non-hydrogen) atoms. The van der Waals surface area contributed by atoms with Gasteiger partial charge in [0, 0.05) is 43.2 Å². The van der Waals surface area contributed by atoms with Crippen LogP contribution in [0.25, 0.3) is 0 Å². The van der Waals surface area contributed by atoms with Crippen molar-refractivity contribution < 1.29 is 4.79 Å². The summed E-state index contributed by atoms with van der Waals surface area (Å²) in [4.78, 5) is 19.7. The van der Waals surface area contributed by atoms with Crippen LogP contribution in [0.15, 0.2) is 24.3 Å². The highest BCUT2D eigenvalue weighted by Crippen LogP contribution is 2.17. The molecule has 1 aromatic carbocycles. The number of hydrogen-bond donors (Lipinski definition) is 1. The number of nitrogens with zero attached hydrogens (tertiary/aromatic N) is 2. The molecule has 0 saturated heterocycles. The number of anilines is 1. The molecule has 2 aromatic rings. The second-order valence-corrected chi connectivity index (χ2v) is 6.48. The Balaban J connectivity index is 1.88. The maximum Gasteiger partial charge on any atom is 0.251 e. The SMILES string of the molecule is Cc1nc(C)c(CCNC(=O)c2ccc(N(C)C)cc2)s1. The Morgan fingerprint density at radius 2 is 1.90 bits per heavy atom. The number of carbonyl (C=O) groups excluding carboxylic acids is 1. The fraction of sp³-hybridized carbons (Fsp3) is 0.375. The summed E-state index contributed by atoms with van der Waals surface area (Å²) in [5.41, 5.74) is 2.85. The van der Waals surface area contributed by atoms with Gasteiger partial charge in [-0.1, -0.05) is 0 Å². The van der Waals surface area contributed by atoms with Gasteiger partial charge in [-0.25, -0.2) is 4.98 Å². The zero-order valence-corrected chi connectivity index (χ0v) is 13.8. The van der Waals surface area contributed by atoms with Gasteiger partial charge in [-0.15, -0.1) is 11.3 Å². The smallest absolute Gasteiger partial charge is 0.251 e. The van der Waals surface area contributed by atoms with Crippen LogP contribution in [0, 0.1) is 13.8 Å². The molecular formula is C16H21N3OS. The normalized spacial score (nSPS) is 10.5. The Morgan fingerprint density at radius 1 is 1.24 bits per heavy atom. The first kappa shape index (κ1) is 15.5. The third kappa shape index (κ3) is 4.04. The van der Waals surface area contributed by atoms with Crippen molar-refractivity contribution in [3.8, 4) is 0 Å². The van der Waals surface area contributed by atoms with Gasteiger partial charge < -0.3 is 10.2 Å². The largest absolute Gasteiger partial charge is 0.378 e. The number of aromatic nitrogens is 1. The van der Waals surface area contributed by atoms with E-state index in [1.807, 2.05) is 57.1 Å². The Kier molecular flexibility index (Phi) is 4.96. The molecule has 5 heteroatoms. The lowest BCUT2D eigenvalue weighted by Crippen LogP contribution is -2.25. The van der Waals surface area contributed by atoms with Gasteiger partial charge in [-0.3, -0.25) is 4.79 Å². The Morgan fingerprint density at radius 3 is 2.43 bits per heavy atom. The van der Waals surface area contributed by atoms with Crippen LogP contribution in [0.1, 0.15) is 25.9 Å². The molecule has 1 heterocycles. The molecule has 1 amide bonds. The summed E-state index contributed by atoms with van der Waals surface area (Å²) < 4.78 is 0. The van der Waals surface area contributed by atoms with E-state index >= 15 is 0 Å². The molecule has 0 aliphatic rings. The maximum absolute atomic E-state index is 12.1. The van der Waals surface area contributed by atoms with E-state index in [-0.39, 0.29) is 5.91 Å². The van der Waals surface area contributed by atoms with Gasteiger partial charge in [-0.05, 0) is 38.1 Å². The molecular weight excluding hydrogens is 282 g/mol. The molecule has 0 saturated carbocycles. The first-order valence-electron chi connectivity index (χ1n) is 6.96. The van der Waals surface area contributed by atoms with Gasteiger partial charge in [0.25, 0.3) is 5.91 Å². The fourth-order valence-electron chi connectivity index (χ4n) is 2.11. The number of hydrogen-bond acceptors (Lipinski definition) is 4. The lowest BCUT2D eigenvalue weighted by molar-refractivity contribution is 0.0954. The summed E-state index contributed by atoms with van der Waals surface area (Å²) in [5, 5.41) is 4.04. The summed E-state index contributed by atoms with van der Waals surface area (Å²) in [5.74, 6) is -0.0285. The third-order valence-corrected chi connectivity index (χ3v) is 4.42. The minimum absolute atomic E-state index is 0.0285. The van der Waals surface area contributed by atoms with Crippen LogP contribution in [-0.4, -0.2) is 31.5 Å². The van der Waals surface area contributed by atoms with E-state index in [2.05, 4.69) is 10.3 Å². The molecule has 0 atom stereocenters. The van der Waals surface area contributed by atoms with Gasteiger partial charge in [0.05, 0.1) is 10.7 Å². The highest BCUT2D eigenvalue weighted by molar-refractivity contribution is 7.11. The molecule has 0 bridgehead atoms. The Labute approximate surface area is 129 Å². The van der Waals surface area contributed by atoms with Crippen molar-refractivity contribution in [3.05, 3.63) is 45.4 Å². The molecule has 0 fully saturated rings. The van der Waals surface area contributed by atoms with Crippen molar-refractivity contribution in [2.45, 2.75) is 20.3 Å². The molecule has 0 unspecified atom stereocenters. The van der Waals surface area contributed by atoms with Gasteiger partial charge in [0.15, 0.2) is 0 Å². The number of aryl methyl sites for hydroxylation is 2. The maximum atomic E-state index is 12.1. The number of amides is 1. The van der Waals surface area contributed by atoms with Crippen molar-refractivity contribution in [1.29, 1.82) is 0 Å². The van der Waals surface area contributed by atoms with Crippen LogP contribution < -0.4 is 10.2 Å². The molecule has 1 aromatic heterocycles. The summed E-state index contributed by atoms with van der Waals surface area (Å²) in [7, 11) is 3.96. The van der Waals surface area contributed by atoms with Crippen LogP contribution in [0.2, 0.25) is 0 Å². The highest BCUT2D eigenvalue weighted by atomic mass is 32.1. The molecule has 0 aliphatic heterocycles. The Hall–Kier alpha value is -1.88. The van der Waals surface area contributed by atoms with E-state index in [9.17, 15) is 4.79 Å². The second kappa shape index (κ2) is 6.72. The topological polar surface area (TPSA) is 45.2 Å². The first-order valence-corrected chi connectivity index (χ1v) is 7.77. The average molecular weight is 303 g/mol. The van der Waals surface area contributed by atoms with Gasteiger partial charge >= 0.3 is 0 Å². The number of thiazole rings is 1. The standard InChI is InChI=1S/C16H21N3OS/c1-11-15(21-12(2)18-11)9-10-17-16(20)13-5-7-14(8-6-13)19(3)4/h5-8H,9-10H2,1-4H3,(H,17,20). The van der Waals surface area contributed by atoms with Gasteiger partial charge in [0.1, 0.15) is 0 Å². The monoisotopic (exact) mass is 303 g/mol. The quantitative estimate of drug-likeness (QED) is 0.924. The predicted molar refractivity (Wildman–Crippen MR) is 88.4 cm³/mol. The van der Waals surface area contributed by atoms with E-state index in [0.29, 0.717) is 12.1 Å². The Bertz CT molecular complexity index is 617. The zero-order chi connectivity index (χ0) is 15.4. The van der Waals surface area contributed by atoms with Crippen molar-refractivity contribution in [1.82, 2.24) is 10.3 Å². The van der Waals surface area contributed by atoms with Gasteiger partial charge in [0.2, 0.25) is 0 Å². The van der Waals surface area contributed by atoms with Crippen LogP contribution in [0.5, 0.6) is 0 Å². The minimum Gasteiger partial charge on any atom is -0.378 e. The van der Waals surface area contributed by atoms with Crippen molar-refractivity contribution in [3.63, 3.8) is 0 Å². The van der Waals surface area contributed by atoms with E-state index in [4.69, 9.17) is 0 Å². The molecule has 1 N–H and O–H groups in total. The van der Waals surface area contributed by atoms with Crippen LogP contribution >= 0.6 is 11.3 Å². The molecule has 4 nitrogen and oxygen atoms in total. The zero-order valence-electron chi connectivity index (χ0n) is 12.9. The number of benzene rings is 1.